The van der Waals surface area contributed by atoms with Crippen molar-refractivity contribution >= 4 is 26.0 Å². The summed E-state index contributed by atoms with van der Waals surface area (Å²) in [6.45, 7) is 5.26. The first-order valence-corrected chi connectivity index (χ1v) is 5.78. The summed E-state index contributed by atoms with van der Waals surface area (Å²) in [5, 5.41) is 0. The van der Waals surface area contributed by atoms with Crippen molar-refractivity contribution in [3.8, 4) is 0 Å². The second kappa shape index (κ2) is 3.84. The van der Waals surface area contributed by atoms with Gasteiger partial charge in [-0.3, -0.25) is 4.84 Å². The van der Waals surface area contributed by atoms with Crippen LogP contribution in [0.2, 0.25) is 0 Å². The van der Waals surface area contributed by atoms with E-state index in [4.69, 9.17) is 4.84 Å². The Bertz CT molecular complexity index is 206. The molecule has 0 amide bonds. The Hall–Kier alpha value is 0.350. The van der Waals surface area contributed by atoms with Crippen LogP contribution < -0.4 is 4.89 Å². The molecule has 0 aliphatic heterocycles. The fraction of sp³-hybridized carbons (Fsp3) is 1.00. The van der Waals surface area contributed by atoms with E-state index in [0.717, 1.165) is 0 Å². The SMILES string of the molecule is CC(C)(C)ONS(=O)(=O)CBr. The van der Waals surface area contributed by atoms with E-state index < -0.39 is 15.6 Å². The van der Waals surface area contributed by atoms with Gasteiger partial charge in [-0.05, 0) is 20.8 Å². The van der Waals surface area contributed by atoms with Crippen LogP contribution in [-0.4, -0.2) is 18.7 Å². The molecule has 0 aliphatic carbocycles. The first-order chi connectivity index (χ1) is 4.77. The second-order valence-electron chi connectivity index (χ2n) is 3.02. The third kappa shape index (κ3) is 6.74. The van der Waals surface area contributed by atoms with Crippen molar-refractivity contribution in [1.82, 2.24) is 4.89 Å². The highest BCUT2D eigenvalue weighted by Crippen LogP contribution is 2.05. The van der Waals surface area contributed by atoms with Crippen LogP contribution in [0.3, 0.4) is 0 Å². The van der Waals surface area contributed by atoms with Crippen LogP contribution in [0.1, 0.15) is 20.8 Å². The summed E-state index contributed by atoms with van der Waals surface area (Å²) in [5.74, 6) is 0. The van der Waals surface area contributed by atoms with Crippen LogP contribution in [0.25, 0.3) is 0 Å². The number of rotatable bonds is 3. The lowest BCUT2D eigenvalue weighted by atomic mass is 10.2. The number of sulfonamides is 1. The molecule has 1 N–H and O–H groups in total. The molecule has 0 atom stereocenters. The maximum atomic E-state index is 10.8. The Morgan fingerprint density at radius 3 is 2.18 bits per heavy atom. The minimum Gasteiger partial charge on any atom is -0.281 e. The van der Waals surface area contributed by atoms with Crippen LogP contribution in [-0.2, 0) is 14.9 Å². The quantitative estimate of drug-likeness (QED) is 0.596. The molecule has 0 unspecified atom stereocenters. The summed E-state index contributed by atoms with van der Waals surface area (Å²) in [7, 11) is -3.31. The van der Waals surface area contributed by atoms with Crippen molar-refractivity contribution in [2.24, 2.45) is 0 Å². The van der Waals surface area contributed by atoms with Gasteiger partial charge in [0, 0.05) is 0 Å². The maximum absolute atomic E-state index is 10.8. The van der Waals surface area contributed by atoms with Crippen LogP contribution in [0.5, 0.6) is 0 Å². The average Bonchev–Trinajstić information content (AvgIpc) is 1.83. The Morgan fingerprint density at radius 1 is 1.45 bits per heavy atom. The zero-order valence-corrected chi connectivity index (χ0v) is 9.12. The third-order valence-corrected chi connectivity index (χ3v) is 3.05. The Kier molecular flexibility index (Phi) is 3.96. The van der Waals surface area contributed by atoms with Gasteiger partial charge in [0.1, 0.15) is 4.66 Å². The minimum atomic E-state index is -3.31. The van der Waals surface area contributed by atoms with Crippen LogP contribution in [0, 0.1) is 0 Å². The first kappa shape index (κ1) is 11.4. The van der Waals surface area contributed by atoms with E-state index in [2.05, 4.69) is 15.9 Å². The van der Waals surface area contributed by atoms with E-state index in [0.29, 0.717) is 0 Å². The van der Waals surface area contributed by atoms with Crippen LogP contribution in [0.15, 0.2) is 0 Å². The standard InChI is InChI=1S/C5H12BrNO3S/c1-5(2,3)10-7-11(8,9)4-6/h7H,4H2,1-3H3. The maximum Gasteiger partial charge on any atom is 0.243 e. The van der Waals surface area contributed by atoms with E-state index >= 15 is 0 Å². The first-order valence-electron chi connectivity index (χ1n) is 3.00. The van der Waals surface area contributed by atoms with Crippen molar-refractivity contribution in [2.45, 2.75) is 26.4 Å². The normalized spacial score (nSPS) is 13.5. The molecular formula is C5H12BrNO3S. The van der Waals surface area contributed by atoms with Gasteiger partial charge in [-0.1, -0.05) is 20.8 Å². The van der Waals surface area contributed by atoms with Gasteiger partial charge in [0.15, 0.2) is 0 Å². The van der Waals surface area contributed by atoms with E-state index in [9.17, 15) is 8.42 Å². The second-order valence-corrected chi connectivity index (χ2v) is 6.01. The molecule has 0 aromatic rings. The van der Waals surface area contributed by atoms with E-state index in [1.54, 1.807) is 20.8 Å². The lowest BCUT2D eigenvalue weighted by Gasteiger charge is -2.18. The summed E-state index contributed by atoms with van der Waals surface area (Å²) < 4.78 is 21.4. The molecule has 0 bridgehead atoms. The van der Waals surface area contributed by atoms with Crippen molar-refractivity contribution in [3.05, 3.63) is 0 Å². The summed E-state index contributed by atoms with van der Waals surface area (Å²) in [6.07, 6.45) is 0. The monoisotopic (exact) mass is 245 g/mol. The van der Waals surface area contributed by atoms with Crippen molar-refractivity contribution < 1.29 is 13.3 Å². The van der Waals surface area contributed by atoms with Crippen LogP contribution >= 0.6 is 15.9 Å². The molecule has 0 fully saturated rings. The van der Waals surface area contributed by atoms with Gasteiger partial charge >= 0.3 is 0 Å². The van der Waals surface area contributed by atoms with Gasteiger partial charge in [0.05, 0.1) is 5.60 Å². The topological polar surface area (TPSA) is 55.4 Å². The predicted molar refractivity (Wildman–Crippen MR) is 46.7 cm³/mol. The van der Waals surface area contributed by atoms with Crippen molar-refractivity contribution in [2.75, 3.05) is 4.66 Å². The highest BCUT2D eigenvalue weighted by Gasteiger charge is 2.15. The van der Waals surface area contributed by atoms with E-state index in [1.807, 2.05) is 4.89 Å². The molecule has 0 saturated carbocycles. The molecule has 0 spiro atoms. The molecule has 4 nitrogen and oxygen atoms in total. The lowest BCUT2D eigenvalue weighted by molar-refractivity contribution is -0.0355. The largest absolute Gasteiger partial charge is 0.281 e. The third-order valence-electron chi connectivity index (χ3n) is 0.618. The Morgan fingerprint density at radius 2 is 1.91 bits per heavy atom. The van der Waals surface area contributed by atoms with Gasteiger partial charge in [-0.2, -0.15) is 0 Å². The minimum absolute atomic E-state index is 0.157. The molecule has 11 heavy (non-hydrogen) atoms. The summed E-state index contributed by atoms with van der Waals surface area (Å²) in [6, 6.07) is 0. The summed E-state index contributed by atoms with van der Waals surface area (Å²) in [5.41, 5.74) is -0.505. The van der Waals surface area contributed by atoms with Gasteiger partial charge in [-0.15, -0.1) is 0 Å². The van der Waals surface area contributed by atoms with E-state index in [1.165, 1.54) is 0 Å². The van der Waals surface area contributed by atoms with Crippen molar-refractivity contribution in [1.29, 1.82) is 0 Å². The Labute approximate surface area is 75.4 Å². The number of nitrogens with one attached hydrogen (secondary N) is 1. The van der Waals surface area contributed by atoms with Gasteiger partial charge < -0.3 is 0 Å². The lowest BCUT2D eigenvalue weighted by Crippen LogP contribution is -2.33. The number of hydrogen-bond acceptors (Lipinski definition) is 3. The Balaban J connectivity index is 3.91. The number of hydrogen-bond donors (Lipinski definition) is 1. The fourth-order valence-electron chi connectivity index (χ4n) is 0.211. The number of halogens is 1. The summed E-state index contributed by atoms with van der Waals surface area (Å²) in [4.78, 5) is 6.79. The molecule has 68 valence electrons. The zero-order chi connectivity index (χ0) is 9.12. The zero-order valence-electron chi connectivity index (χ0n) is 6.72. The molecule has 0 heterocycles. The molecule has 0 radical (unpaired) electrons. The molecule has 0 saturated heterocycles. The van der Waals surface area contributed by atoms with Gasteiger partial charge in [0.2, 0.25) is 10.0 Å². The van der Waals surface area contributed by atoms with Gasteiger partial charge in [0.25, 0.3) is 0 Å². The number of alkyl halides is 1. The summed E-state index contributed by atoms with van der Waals surface area (Å²) >= 11 is 2.81. The van der Waals surface area contributed by atoms with E-state index in [-0.39, 0.29) is 4.66 Å². The highest BCUT2D eigenvalue weighted by atomic mass is 79.9. The van der Waals surface area contributed by atoms with Crippen molar-refractivity contribution in [3.63, 3.8) is 0 Å². The smallest absolute Gasteiger partial charge is 0.243 e. The fourth-order valence-corrected chi connectivity index (χ4v) is 0.913. The molecule has 0 aromatic carbocycles. The predicted octanol–water partition coefficient (Wildman–Crippen LogP) is 0.988. The molecule has 6 heteroatoms. The molecule has 0 aliphatic rings. The highest BCUT2D eigenvalue weighted by molar-refractivity contribution is 9.10. The molecule has 0 aromatic heterocycles. The van der Waals surface area contributed by atoms with Crippen LogP contribution in [0.4, 0.5) is 0 Å². The average molecular weight is 246 g/mol. The molecule has 0 rings (SSSR count). The van der Waals surface area contributed by atoms with Gasteiger partial charge in [-0.25, -0.2) is 8.42 Å². The molecular weight excluding hydrogens is 234 g/mol.